The van der Waals surface area contributed by atoms with Gasteiger partial charge in [-0.25, -0.2) is 14.2 Å². The number of aryl methyl sites for hydroxylation is 1. The topological polar surface area (TPSA) is 86.2 Å². The van der Waals surface area contributed by atoms with Crippen LogP contribution >= 0.6 is 11.3 Å². The lowest BCUT2D eigenvalue weighted by molar-refractivity contribution is -0.143. The first-order valence-corrected chi connectivity index (χ1v) is 10.6. The maximum atomic E-state index is 12.9. The molecule has 1 N–H and O–H groups in total. The molecule has 0 aliphatic rings. The van der Waals surface area contributed by atoms with E-state index < -0.39 is 0 Å². The molecule has 0 saturated heterocycles. The number of thiazole rings is 1. The Labute approximate surface area is 181 Å². The largest absolute Gasteiger partial charge is 0.486 e. The van der Waals surface area contributed by atoms with Gasteiger partial charge in [-0.3, -0.25) is 9.36 Å². The van der Waals surface area contributed by atoms with E-state index in [0.717, 1.165) is 11.0 Å². The van der Waals surface area contributed by atoms with Gasteiger partial charge in [0, 0.05) is 11.9 Å². The van der Waals surface area contributed by atoms with Crippen molar-refractivity contribution in [3.63, 3.8) is 0 Å². The van der Waals surface area contributed by atoms with Crippen LogP contribution < -0.4 is 10.4 Å². The quantitative estimate of drug-likeness (QED) is 0.316. The highest BCUT2D eigenvalue weighted by Gasteiger charge is 2.10. The molecule has 0 aliphatic carbocycles. The predicted octanol–water partition coefficient (Wildman–Crippen LogP) is 3.68. The van der Waals surface area contributed by atoms with Gasteiger partial charge in [0.2, 0.25) is 0 Å². The van der Waals surface area contributed by atoms with Gasteiger partial charge in [0.25, 0.3) is 0 Å². The number of carbonyl (C=O) groups is 1. The number of halogens is 1. The summed E-state index contributed by atoms with van der Waals surface area (Å²) in [5.41, 5.74) is 2.05. The second-order valence-corrected chi connectivity index (χ2v) is 7.77. The number of imidazole rings is 1. The summed E-state index contributed by atoms with van der Waals surface area (Å²) in [5, 5.41) is 2.50. The molecule has 9 heteroatoms. The number of aromatic nitrogens is 3. The highest BCUT2D eigenvalue weighted by Crippen LogP contribution is 2.16. The molecular formula is C22H20FN3O4S. The molecule has 0 radical (unpaired) electrons. The fourth-order valence-electron chi connectivity index (χ4n) is 3.11. The van der Waals surface area contributed by atoms with E-state index in [4.69, 9.17) is 9.47 Å². The van der Waals surface area contributed by atoms with Crippen molar-refractivity contribution in [2.75, 3.05) is 6.61 Å². The van der Waals surface area contributed by atoms with E-state index in [1.165, 1.54) is 23.5 Å². The highest BCUT2D eigenvalue weighted by molar-refractivity contribution is 7.09. The summed E-state index contributed by atoms with van der Waals surface area (Å²) in [6, 6.07) is 13.2. The highest BCUT2D eigenvalue weighted by atomic mass is 32.1. The average Bonchev–Trinajstić information content (AvgIpc) is 3.34. The van der Waals surface area contributed by atoms with Gasteiger partial charge in [-0.05, 0) is 42.8 Å². The zero-order valence-electron chi connectivity index (χ0n) is 16.5. The first kappa shape index (κ1) is 20.8. The van der Waals surface area contributed by atoms with Crippen LogP contribution in [0.2, 0.25) is 0 Å². The van der Waals surface area contributed by atoms with E-state index in [9.17, 15) is 14.0 Å². The Morgan fingerprint density at radius 2 is 1.97 bits per heavy atom. The molecule has 4 rings (SSSR count). The second kappa shape index (κ2) is 9.57. The van der Waals surface area contributed by atoms with Crippen LogP contribution in [0.4, 0.5) is 4.39 Å². The van der Waals surface area contributed by atoms with Gasteiger partial charge in [-0.15, -0.1) is 11.3 Å². The van der Waals surface area contributed by atoms with Crippen LogP contribution in [0.3, 0.4) is 0 Å². The molecule has 4 aromatic rings. The van der Waals surface area contributed by atoms with E-state index >= 15 is 0 Å². The molecule has 0 bridgehead atoms. The normalized spacial score (nSPS) is 11.0. The number of nitrogens with one attached hydrogen (secondary N) is 1. The molecule has 0 amide bonds. The minimum Gasteiger partial charge on any atom is -0.486 e. The van der Waals surface area contributed by atoms with E-state index in [0.29, 0.717) is 29.4 Å². The summed E-state index contributed by atoms with van der Waals surface area (Å²) in [5.74, 6) is -0.148. The first-order chi connectivity index (χ1) is 15.1. The molecule has 0 atom stereocenters. The number of para-hydroxylation sites is 2. The Morgan fingerprint density at radius 1 is 1.16 bits per heavy atom. The van der Waals surface area contributed by atoms with Crippen molar-refractivity contribution in [1.82, 2.24) is 14.5 Å². The van der Waals surface area contributed by atoms with Crippen molar-refractivity contribution in [1.29, 1.82) is 0 Å². The fraction of sp³-hybridized carbons (Fsp3) is 0.227. The Balaban J connectivity index is 1.21. The molecule has 31 heavy (non-hydrogen) atoms. The molecule has 0 saturated carbocycles. The Kier molecular flexibility index (Phi) is 6.42. The van der Waals surface area contributed by atoms with E-state index in [2.05, 4.69) is 9.97 Å². The summed E-state index contributed by atoms with van der Waals surface area (Å²) >= 11 is 1.38. The molecule has 2 aromatic carbocycles. The van der Waals surface area contributed by atoms with Crippen LogP contribution in [0.5, 0.6) is 5.75 Å². The number of carbonyl (C=O) groups excluding carboxylic acids is 1. The molecule has 2 aromatic heterocycles. The minimum atomic E-state index is -0.373. The van der Waals surface area contributed by atoms with Gasteiger partial charge >= 0.3 is 11.7 Å². The number of hydrogen-bond donors (Lipinski definition) is 1. The van der Waals surface area contributed by atoms with Crippen molar-refractivity contribution in [3.05, 3.63) is 80.9 Å². The zero-order valence-corrected chi connectivity index (χ0v) is 17.4. The maximum Gasteiger partial charge on any atom is 0.326 e. The Bertz CT molecular complexity index is 1230. The van der Waals surface area contributed by atoms with Crippen molar-refractivity contribution >= 4 is 28.3 Å². The zero-order chi connectivity index (χ0) is 21.6. The maximum absolute atomic E-state index is 12.9. The number of H-pyrrole nitrogens is 1. The number of ether oxygens (including phenoxy) is 2. The van der Waals surface area contributed by atoms with E-state index in [1.54, 1.807) is 22.1 Å². The van der Waals surface area contributed by atoms with Crippen molar-refractivity contribution < 1.29 is 18.7 Å². The number of esters is 1. The van der Waals surface area contributed by atoms with E-state index in [1.807, 2.05) is 24.3 Å². The molecule has 2 heterocycles. The van der Waals surface area contributed by atoms with Crippen LogP contribution in [0, 0.1) is 5.82 Å². The minimum absolute atomic E-state index is 0.0695. The van der Waals surface area contributed by atoms with Crippen LogP contribution in [0.15, 0.2) is 58.7 Å². The van der Waals surface area contributed by atoms with Crippen molar-refractivity contribution in [3.8, 4) is 5.75 Å². The number of aromatic amines is 1. The van der Waals surface area contributed by atoms with Gasteiger partial charge < -0.3 is 14.5 Å². The molecule has 0 aliphatic heterocycles. The number of nitrogens with zero attached hydrogens (tertiary/aromatic N) is 2. The summed E-state index contributed by atoms with van der Waals surface area (Å²) in [7, 11) is 0. The third-order valence-electron chi connectivity index (χ3n) is 4.57. The summed E-state index contributed by atoms with van der Waals surface area (Å²) in [6.07, 6.45) is 0.599. The standard InChI is InChI=1S/C22H20FN3O4S/c23-15-6-8-17(9-7-15)30-13-20-24-16(14-31-20)12-21(27)29-11-3-10-26-19-5-2-1-4-18(19)25-22(26)28/h1-2,4-9,14H,3,10-13H2,(H,25,28). The fourth-order valence-corrected chi connectivity index (χ4v) is 3.81. The average molecular weight is 441 g/mol. The van der Waals surface area contributed by atoms with Gasteiger partial charge in [0.05, 0.1) is 29.8 Å². The van der Waals surface area contributed by atoms with Gasteiger partial charge in [-0.1, -0.05) is 12.1 Å². The van der Waals surface area contributed by atoms with Crippen LogP contribution in [0.25, 0.3) is 11.0 Å². The summed E-state index contributed by atoms with van der Waals surface area (Å²) in [4.78, 5) is 31.3. The van der Waals surface area contributed by atoms with Crippen LogP contribution in [-0.4, -0.2) is 27.1 Å². The molecule has 7 nitrogen and oxygen atoms in total. The lowest BCUT2D eigenvalue weighted by Crippen LogP contribution is -2.18. The first-order valence-electron chi connectivity index (χ1n) is 9.73. The van der Waals surface area contributed by atoms with Gasteiger partial charge in [-0.2, -0.15) is 0 Å². The van der Waals surface area contributed by atoms with Crippen molar-refractivity contribution in [2.24, 2.45) is 0 Å². The summed E-state index contributed by atoms with van der Waals surface area (Å²) in [6.45, 7) is 0.915. The van der Waals surface area contributed by atoms with Gasteiger partial charge in [0.1, 0.15) is 23.2 Å². The molecule has 0 unspecified atom stereocenters. The third kappa shape index (κ3) is 5.37. The number of fused-ring (bicyclic) bond motifs is 1. The second-order valence-electron chi connectivity index (χ2n) is 6.82. The molecule has 160 valence electrons. The van der Waals surface area contributed by atoms with Crippen LogP contribution in [-0.2, 0) is 29.1 Å². The molecule has 0 fully saturated rings. The number of benzene rings is 2. The summed E-state index contributed by atoms with van der Waals surface area (Å²) < 4.78 is 25.4. The lowest BCUT2D eigenvalue weighted by atomic mass is 10.3. The van der Waals surface area contributed by atoms with E-state index in [-0.39, 0.29) is 37.1 Å². The SMILES string of the molecule is O=C(Cc1csc(COc2ccc(F)cc2)n1)OCCCn1c(=O)[nH]c2ccccc21. The monoisotopic (exact) mass is 441 g/mol. The smallest absolute Gasteiger partial charge is 0.326 e. The lowest BCUT2D eigenvalue weighted by Gasteiger charge is -2.05. The Hall–Kier alpha value is -3.46. The number of hydrogen-bond acceptors (Lipinski definition) is 6. The number of rotatable bonds is 9. The van der Waals surface area contributed by atoms with Gasteiger partial charge in [0.15, 0.2) is 0 Å². The van der Waals surface area contributed by atoms with Crippen molar-refractivity contribution in [2.45, 2.75) is 26.0 Å². The third-order valence-corrected chi connectivity index (χ3v) is 5.44. The molecular weight excluding hydrogens is 421 g/mol. The van der Waals surface area contributed by atoms with Crippen LogP contribution in [0.1, 0.15) is 17.1 Å². The Morgan fingerprint density at radius 3 is 2.81 bits per heavy atom. The molecule has 0 spiro atoms. The predicted molar refractivity (Wildman–Crippen MR) is 115 cm³/mol.